The number of aryl methyl sites for hydroxylation is 1. The first-order valence-electron chi connectivity index (χ1n) is 7.80. The van der Waals surface area contributed by atoms with Crippen molar-refractivity contribution in [2.45, 2.75) is 13.8 Å². The summed E-state index contributed by atoms with van der Waals surface area (Å²) < 4.78 is 0. The van der Waals surface area contributed by atoms with Gasteiger partial charge in [0.15, 0.2) is 0 Å². The van der Waals surface area contributed by atoms with Gasteiger partial charge in [-0.3, -0.25) is 4.79 Å². The van der Waals surface area contributed by atoms with Crippen LogP contribution in [-0.2, 0) is 4.79 Å². The number of nitrogens with zero attached hydrogens (tertiary/aromatic N) is 4. The minimum Gasteiger partial charge on any atom is -0.340 e. The zero-order valence-corrected chi connectivity index (χ0v) is 13.5. The lowest BCUT2D eigenvalue weighted by atomic mass is 10.3. The minimum absolute atomic E-state index is 0.126. The van der Waals surface area contributed by atoms with Gasteiger partial charge in [-0.2, -0.15) is 4.98 Å². The molecule has 0 bridgehead atoms. The topological polar surface area (TPSA) is 61.4 Å². The molecule has 3 rings (SSSR count). The van der Waals surface area contributed by atoms with Gasteiger partial charge in [-0.25, -0.2) is 4.98 Å². The van der Waals surface area contributed by atoms with Crippen molar-refractivity contribution in [2.75, 3.05) is 36.4 Å². The number of carbonyl (C=O) groups is 1. The van der Waals surface area contributed by atoms with Gasteiger partial charge in [-0.05, 0) is 19.1 Å². The maximum Gasteiger partial charge on any atom is 0.227 e. The van der Waals surface area contributed by atoms with Gasteiger partial charge in [-0.1, -0.05) is 18.2 Å². The van der Waals surface area contributed by atoms with Crippen LogP contribution < -0.4 is 10.2 Å². The van der Waals surface area contributed by atoms with Gasteiger partial charge in [0.1, 0.15) is 5.82 Å². The predicted octanol–water partition coefficient (Wildman–Crippen LogP) is 2.20. The lowest BCUT2D eigenvalue weighted by Crippen LogP contribution is -2.48. The van der Waals surface area contributed by atoms with Gasteiger partial charge < -0.3 is 15.1 Å². The zero-order valence-electron chi connectivity index (χ0n) is 13.5. The summed E-state index contributed by atoms with van der Waals surface area (Å²) in [4.78, 5) is 24.6. The van der Waals surface area contributed by atoms with Gasteiger partial charge in [-0.15, -0.1) is 0 Å². The van der Waals surface area contributed by atoms with Crippen molar-refractivity contribution in [2.24, 2.45) is 0 Å². The third-order valence-corrected chi connectivity index (χ3v) is 3.90. The Kier molecular flexibility index (Phi) is 4.41. The molecule has 0 saturated carbocycles. The van der Waals surface area contributed by atoms with Crippen molar-refractivity contribution in [3.63, 3.8) is 0 Å². The van der Waals surface area contributed by atoms with Crippen molar-refractivity contribution in [3.05, 3.63) is 42.1 Å². The normalized spacial score (nSPS) is 14.7. The molecular weight excluding hydrogens is 290 g/mol. The molecule has 1 saturated heterocycles. The van der Waals surface area contributed by atoms with E-state index in [1.165, 1.54) is 0 Å². The summed E-state index contributed by atoms with van der Waals surface area (Å²) in [7, 11) is 0. The fraction of sp³-hybridized carbons (Fsp3) is 0.353. The van der Waals surface area contributed by atoms with Crippen LogP contribution in [0.25, 0.3) is 0 Å². The Morgan fingerprint density at radius 2 is 1.78 bits per heavy atom. The molecule has 23 heavy (non-hydrogen) atoms. The highest BCUT2D eigenvalue weighted by molar-refractivity contribution is 5.73. The predicted molar refractivity (Wildman–Crippen MR) is 91.0 cm³/mol. The summed E-state index contributed by atoms with van der Waals surface area (Å²) in [5, 5.41) is 3.31. The molecule has 0 radical (unpaired) electrons. The summed E-state index contributed by atoms with van der Waals surface area (Å²) >= 11 is 0. The largest absolute Gasteiger partial charge is 0.340 e. The Hall–Kier alpha value is -2.63. The molecule has 0 aliphatic carbocycles. The van der Waals surface area contributed by atoms with E-state index in [4.69, 9.17) is 0 Å². The number of piperazine rings is 1. The number of para-hydroxylation sites is 1. The van der Waals surface area contributed by atoms with Crippen LogP contribution in [0.4, 0.5) is 17.5 Å². The summed E-state index contributed by atoms with van der Waals surface area (Å²) in [6.45, 7) is 6.53. The van der Waals surface area contributed by atoms with E-state index in [0.29, 0.717) is 19.0 Å². The second kappa shape index (κ2) is 6.64. The molecule has 1 aliphatic heterocycles. The van der Waals surface area contributed by atoms with E-state index in [1.54, 1.807) is 6.92 Å². The Bertz CT molecular complexity index is 681. The molecule has 0 unspecified atom stereocenters. The molecule has 0 spiro atoms. The van der Waals surface area contributed by atoms with Crippen molar-refractivity contribution >= 4 is 23.4 Å². The van der Waals surface area contributed by atoms with Gasteiger partial charge in [0, 0.05) is 50.6 Å². The highest BCUT2D eigenvalue weighted by Gasteiger charge is 2.20. The maximum absolute atomic E-state index is 11.4. The van der Waals surface area contributed by atoms with Crippen LogP contribution >= 0.6 is 0 Å². The monoisotopic (exact) mass is 311 g/mol. The fourth-order valence-corrected chi connectivity index (χ4v) is 2.65. The van der Waals surface area contributed by atoms with Crippen LogP contribution in [0.3, 0.4) is 0 Å². The molecule has 6 heteroatoms. The minimum atomic E-state index is 0.126. The van der Waals surface area contributed by atoms with Gasteiger partial charge in [0.2, 0.25) is 11.9 Å². The molecule has 1 aromatic carbocycles. The van der Waals surface area contributed by atoms with Crippen LogP contribution in [0.1, 0.15) is 12.6 Å². The van der Waals surface area contributed by atoms with E-state index in [2.05, 4.69) is 20.2 Å². The second-order valence-corrected chi connectivity index (χ2v) is 5.68. The van der Waals surface area contributed by atoms with E-state index < -0.39 is 0 Å². The van der Waals surface area contributed by atoms with Crippen molar-refractivity contribution in [1.29, 1.82) is 0 Å². The highest BCUT2D eigenvalue weighted by atomic mass is 16.2. The molecule has 1 aliphatic rings. The number of anilines is 3. The van der Waals surface area contributed by atoms with Gasteiger partial charge in [0.05, 0.1) is 0 Å². The first-order chi connectivity index (χ1) is 11.1. The highest BCUT2D eigenvalue weighted by Crippen LogP contribution is 2.19. The van der Waals surface area contributed by atoms with E-state index in [9.17, 15) is 4.79 Å². The molecule has 1 fully saturated rings. The Morgan fingerprint density at radius 1 is 1.09 bits per heavy atom. The molecule has 1 N–H and O–H groups in total. The molecule has 1 aromatic heterocycles. The average Bonchev–Trinajstić information content (AvgIpc) is 2.55. The fourth-order valence-electron chi connectivity index (χ4n) is 2.65. The third-order valence-electron chi connectivity index (χ3n) is 3.90. The number of hydrogen-bond acceptors (Lipinski definition) is 5. The molecule has 1 amide bonds. The number of carbonyl (C=O) groups excluding carboxylic acids is 1. The van der Waals surface area contributed by atoms with Crippen LogP contribution in [0.5, 0.6) is 0 Å². The quantitative estimate of drug-likeness (QED) is 0.941. The number of amides is 1. The summed E-state index contributed by atoms with van der Waals surface area (Å²) in [6, 6.07) is 11.9. The smallest absolute Gasteiger partial charge is 0.227 e. The van der Waals surface area contributed by atoms with E-state index >= 15 is 0 Å². The van der Waals surface area contributed by atoms with E-state index in [1.807, 2.05) is 48.2 Å². The zero-order chi connectivity index (χ0) is 16.2. The van der Waals surface area contributed by atoms with Crippen molar-refractivity contribution in [3.8, 4) is 0 Å². The lowest BCUT2D eigenvalue weighted by molar-refractivity contribution is -0.129. The lowest BCUT2D eigenvalue weighted by Gasteiger charge is -2.34. The summed E-state index contributed by atoms with van der Waals surface area (Å²) in [5.74, 6) is 1.63. The van der Waals surface area contributed by atoms with Crippen molar-refractivity contribution < 1.29 is 4.79 Å². The standard InChI is InChI=1S/C17H21N5O/c1-13-12-16(19-15-6-4-3-5-7-15)20-17(18-13)22-10-8-21(9-11-22)14(2)23/h3-7,12H,8-11H2,1-2H3,(H,18,19,20). The van der Waals surface area contributed by atoms with Gasteiger partial charge >= 0.3 is 0 Å². The third kappa shape index (κ3) is 3.77. The van der Waals surface area contributed by atoms with Crippen LogP contribution in [-0.4, -0.2) is 47.0 Å². The van der Waals surface area contributed by atoms with Crippen molar-refractivity contribution in [1.82, 2.24) is 14.9 Å². The van der Waals surface area contributed by atoms with Crippen LogP contribution in [0.15, 0.2) is 36.4 Å². The number of benzene rings is 1. The first kappa shape index (κ1) is 15.3. The molecular formula is C17H21N5O. The van der Waals surface area contributed by atoms with Crippen LogP contribution in [0.2, 0.25) is 0 Å². The maximum atomic E-state index is 11.4. The number of aromatic nitrogens is 2. The molecule has 6 nitrogen and oxygen atoms in total. The average molecular weight is 311 g/mol. The number of hydrogen-bond donors (Lipinski definition) is 1. The molecule has 2 heterocycles. The second-order valence-electron chi connectivity index (χ2n) is 5.68. The SMILES string of the molecule is CC(=O)N1CCN(c2nc(C)cc(Nc3ccccc3)n2)CC1. The Labute approximate surface area is 136 Å². The first-order valence-corrected chi connectivity index (χ1v) is 7.80. The Balaban J connectivity index is 1.75. The molecule has 2 aromatic rings. The Morgan fingerprint density at radius 3 is 2.43 bits per heavy atom. The summed E-state index contributed by atoms with van der Waals surface area (Å²) in [5.41, 5.74) is 1.92. The number of nitrogens with one attached hydrogen (secondary N) is 1. The van der Waals surface area contributed by atoms with E-state index in [-0.39, 0.29) is 5.91 Å². The molecule has 120 valence electrons. The van der Waals surface area contributed by atoms with Gasteiger partial charge in [0.25, 0.3) is 0 Å². The van der Waals surface area contributed by atoms with E-state index in [0.717, 1.165) is 30.3 Å². The summed E-state index contributed by atoms with van der Waals surface area (Å²) in [6.07, 6.45) is 0. The molecule has 0 atom stereocenters. The number of rotatable bonds is 3. The van der Waals surface area contributed by atoms with Crippen LogP contribution in [0, 0.1) is 6.92 Å².